The fraction of sp³-hybridized carbons (Fsp3) is 0.400. The minimum atomic E-state index is -4.64. The average molecular weight is 404 g/mol. The third-order valence-electron chi connectivity index (χ3n) is 3.17. The van der Waals surface area contributed by atoms with Crippen LogP contribution in [0.4, 0.5) is 0 Å². The van der Waals surface area contributed by atoms with Gasteiger partial charge in [0.05, 0.1) is 0 Å². The molecule has 2 rings (SSSR count). The summed E-state index contributed by atoms with van der Waals surface area (Å²) in [6.07, 6.45) is 0. The summed E-state index contributed by atoms with van der Waals surface area (Å²) in [6, 6.07) is 22.3. The summed E-state index contributed by atoms with van der Waals surface area (Å²) in [5, 5.41) is 0. The summed E-state index contributed by atoms with van der Waals surface area (Å²) in [6.45, 7) is 13.3. The summed E-state index contributed by atoms with van der Waals surface area (Å²) in [5.74, 6) is 0. The van der Waals surface area contributed by atoms with Gasteiger partial charge in [-0.2, -0.15) is 71.8 Å². The van der Waals surface area contributed by atoms with Gasteiger partial charge in [-0.1, -0.05) is 41.5 Å². The van der Waals surface area contributed by atoms with E-state index in [1.165, 1.54) is 11.1 Å². The topological polar surface area (TPSA) is 77.8 Å². The average Bonchev–Trinajstić information content (AvgIpc) is 2.46. The van der Waals surface area contributed by atoms with Crippen molar-refractivity contribution in [3.63, 3.8) is 0 Å². The maximum absolute atomic E-state index is 8.88. The third-order valence-corrected chi connectivity index (χ3v) is 3.17. The molecule has 0 bridgehead atoms. The molecule has 0 radical (unpaired) electrons. The van der Waals surface area contributed by atoms with Crippen LogP contribution in [-0.4, -0.2) is 52.4 Å². The van der Waals surface area contributed by atoms with E-state index in [-0.39, 0.29) is 48.6 Å². The zero-order chi connectivity index (χ0) is 19.7. The van der Waals surface area contributed by atoms with Gasteiger partial charge in [0, 0.05) is 0 Å². The van der Waals surface area contributed by atoms with Crippen molar-refractivity contribution in [3.8, 4) is 0 Å². The van der Waals surface area contributed by atoms with Crippen molar-refractivity contribution in [2.45, 2.75) is 52.4 Å². The predicted molar refractivity (Wildman–Crippen MR) is 108 cm³/mol. The van der Waals surface area contributed by atoms with Crippen molar-refractivity contribution in [1.29, 1.82) is 0 Å². The molecule has 2 aromatic rings. The van der Waals surface area contributed by atoms with E-state index in [1.807, 2.05) is 24.3 Å². The second-order valence-corrected chi connectivity index (χ2v) is 8.62. The fourth-order valence-electron chi connectivity index (χ4n) is 1.77. The summed E-state index contributed by atoms with van der Waals surface area (Å²) < 4.78 is 8.88. The van der Waals surface area contributed by atoms with Gasteiger partial charge in [0.15, 0.2) is 0 Å². The summed E-state index contributed by atoms with van der Waals surface area (Å²) >= 11 is 0. The maximum atomic E-state index is 8.88. The molecule has 4 nitrogen and oxygen atoms in total. The molecule has 3 N–H and O–H groups in total. The molecule has 0 aliphatic rings. The number of phosphoric acid groups is 1. The molecule has 2 aromatic carbocycles. The van der Waals surface area contributed by atoms with Crippen molar-refractivity contribution < 1.29 is 19.2 Å². The molecule has 0 amide bonds. The molecule has 0 fully saturated rings. The first-order chi connectivity index (χ1) is 11.2. The quantitative estimate of drug-likeness (QED) is 0.348. The molecular formula is C20H29CaO4P. The van der Waals surface area contributed by atoms with Crippen molar-refractivity contribution in [1.82, 2.24) is 0 Å². The smallest absolute Gasteiger partial charge is 0.303 e. The van der Waals surface area contributed by atoms with Crippen LogP contribution in [0.5, 0.6) is 0 Å². The van der Waals surface area contributed by atoms with E-state index in [4.69, 9.17) is 19.2 Å². The van der Waals surface area contributed by atoms with E-state index in [9.17, 15) is 0 Å². The molecule has 0 saturated heterocycles. The van der Waals surface area contributed by atoms with Crippen LogP contribution in [0.3, 0.4) is 0 Å². The van der Waals surface area contributed by atoms with Gasteiger partial charge < -0.3 is 14.7 Å². The van der Waals surface area contributed by atoms with Crippen LogP contribution in [0, 0.1) is 12.1 Å². The molecule has 0 aliphatic heterocycles. The molecule has 0 heterocycles. The minimum Gasteiger partial charge on any atom is -0.303 e. The van der Waals surface area contributed by atoms with Crippen molar-refractivity contribution in [2.75, 3.05) is 0 Å². The van der Waals surface area contributed by atoms with Gasteiger partial charge in [0.2, 0.25) is 0 Å². The van der Waals surface area contributed by atoms with Gasteiger partial charge >= 0.3 is 45.6 Å². The monoisotopic (exact) mass is 404 g/mol. The largest absolute Gasteiger partial charge is 2.00 e. The first-order valence-corrected chi connectivity index (χ1v) is 9.49. The van der Waals surface area contributed by atoms with Crippen LogP contribution in [0.25, 0.3) is 0 Å². The van der Waals surface area contributed by atoms with E-state index in [2.05, 4.69) is 77.9 Å². The van der Waals surface area contributed by atoms with Crippen molar-refractivity contribution in [3.05, 3.63) is 71.8 Å². The third kappa shape index (κ3) is 16.0. The SMILES string of the molecule is CC(C)(C)c1cc[c-]cc1.CC(C)(C)c1cc[c-]cc1.O=P(O)(O)O.[Ca+2]. The normalized spacial score (nSPS) is 11.1. The molecule has 0 aromatic heterocycles. The Labute approximate surface area is 187 Å². The summed E-state index contributed by atoms with van der Waals surface area (Å²) in [7, 11) is -4.64. The molecule has 0 saturated carbocycles. The Hall–Kier alpha value is -0.190. The molecule has 0 atom stereocenters. The maximum Gasteiger partial charge on any atom is 2.00 e. The Morgan fingerprint density at radius 2 is 0.885 bits per heavy atom. The van der Waals surface area contributed by atoms with Crippen LogP contribution in [0.15, 0.2) is 48.5 Å². The zero-order valence-electron chi connectivity index (χ0n) is 16.5. The van der Waals surface area contributed by atoms with Gasteiger partial charge in [0.25, 0.3) is 0 Å². The van der Waals surface area contributed by atoms with Gasteiger partial charge in [-0.3, -0.25) is 0 Å². The molecule has 6 heteroatoms. The fourth-order valence-corrected chi connectivity index (χ4v) is 1.77. The van der Waals surface area contributed by atoms with Gasteiger partial charge in [0.1, 0.15) is 0 Å². The van der Waals surface area contributed by atoms with Gasteiger partial charge in [-0.15, -0.1) is 0 Å². The van der Waals surface area contributed by atoms with Gasteiger partial charge in [-0.25, -0.2) is 4.57 Å². The molecule has 0 spiro atoms. The van der Waals surface area contributed by atoms with Crippen molar-refractivity contribution in [2.24, 2.45) is 0 Å². The number of benzene rings is 2. The summed E-state index contributed by atoms with van der Waals surface area (Å²) in [4.78, 5) is 21.6. The Bertz CT molecular complexity index is 583. The first kappa shape index (κ1) is 28.0. The number of rotatable bonds is 0. The predicted octanol–water partition coefficient (Wildman–Crippen LogP) is 4.26. The van der Waals surface area contributed by atoms with Crippen molar-refractivity contribution >= 4 is 45.6 Å². The number of hydrogen-bond acceptors (Lipinski definition) is 1. The van der Waals surface area contributed by atoms with E-state index < -0.39 is 7.82 Å². The van der Waals surface area contributed by atoms with Gasteiger partial charge in [-0.05, 0) is 10.8 Å². The summed E-state index contributed by atoms with van der Waals surface area (Å²) in [5.41, 5.74) is 3.28. The van der Waals surface area contributed by atoms with E-state index in [0.717, 1.165) is 0 Å². The molecule has 140 valence electrons. The van der Waals surface area contributed by atoms with E-state index in [1.54, 1.807) is 0 Å². The van der Waals surface area contributed by atoms with Crippen LogP contribution in [0.1, 0.15) is 52.7 Å². The van der Waals surface area contributed by atoms with E-state index >= 15 is 0 Å². The molecule has 26 heavy (non-hydrogen) atoms. The van der Waals surface area contributed by atoms with Crippen LogP contribution < -0.4 is 0 Å². The van der Waals surface area contributed by atoms with E-state index in [0.29, 0.717) is 0 Å². The molecule has 0 aliphatic carbocycles. The Morgan fingerprint density at radius 1 is 0.692 bits per heavy atom. The second kappa shape index (κ2) is 12.3. The Morgan fingerprint density at radius 3 is 1.00 bits per heavy atom. The Balaban J connectivity index is 0. The molecular weight excluding hydrogens is 375 g/mol. The van der Waals surface area contributed by atoms with Crippen LogP contribution in [0.2, 0.25) is 0 Å². The first-order valence-electron chi connectivity index (χ1n) is 7.93. The second-order valence-electron chi connectivity index (χ2n) is 7.59. The van der Waals surface area contributed by atoms with Crippen LogP contribution in [-0.2, 0) is 15.4 Å². The molecule has 0 unspecified atom stereocenters. The standard InChI is InChI=1S/2C10H13.Ca.H3O4P/c2*1-10(2,3)9-7-5-4-6-8-9;;1-5(2,3)4/h2*5-8H,1-3H3;;(H3,1,2,3,4)/q2*-1;+2;. The minimum absolute atomic E-state index is 0. The van der Waals surface area contributed by atoms with Crippen LogP contribution >= 0.6 is 7.82 Å². The Kier molecular flexibility index (Phi) is 13.3. The zero-order valence-corrected chi connectivity index (χ0v) is 19.6. The number of hydrogen-bond donors (Lipinski definition) is 3.